The molecule has 1 saturated heterocycles. The highest BCUT2D eigenvalue weighted by molar-refractivity contribution is 8.02. The van der Waals surface area contributed by atoms with Gasteiger partial charge in [0.15, 0.2) is 4.34 Å². The van der Waals surface area contributed by atoms with Crippen LogP contribution in [0.25, 0.3) is 0 Å². The van der Waals surface area contributed by atoms with Crippen molar-refractivity contribution in [2.24, 2.45) is 0 Å². The molecule has 0 saturated carbocycles. The van der Waals surface area contributed by atoms with Crippen molar-refractivity contribution in [1.82, 2.24) is 4.98 Å². The number of thioether (sulfide) groups is 1. The second-order valence-electron chi connectivity index (χ2n) is 4.92. The number of aryl methyl sites for hydroxylation is 1. The second kappa shape index (κ2) is 6.05. The van der Waals surface area contributed by atoms with Gasteiger partial charge in [0.05, 0.1) is 15.9 Å². The molecule has 2 heterocycles. The van der Waals surface area contributed by atoms with Crippen molar-refractivity contribution in [2.45, 2.75) is 22.9 Å². The molecule has 0 N–H and O–H groups in total. The van der Waals surface area contributed by atoms with Crippen LogP contribution in [0.4, 0.5) is 11.4 Å². The average Bonchev–Trinajstić information content (AvgIpc) is 3.06. The van der Waals surface area contributed by atoms with Gasteiger partial charge in [-0.2, -0.15) is 0 Å². The summed E-state index contributed by atoms with van der Waals surface area (Å²) < 4.78 is 0.886. The molecule has 1 amide bonds. The van der Waals surface area contributed by atoms with Gasteiger partial charge in [-0.1, -0.05) is 17.8 Å². The van der Waals surface area contributed by atoms with Crippen molar-refractivity contribution < 1.29 is 9.72 Å². The van der Waals surface area contributed by atoms with Gasteiger partial charge in [0.25, 0.3) is 5.69 Å². The summed E-state index contributed by atoms with van der Waals surface area (Å²) in [6.07, 6.45) is 0.713. The number of aromatic nitrogens is 1. The Morgan fingerprint density at radius 1 is 1.50 bits per heavy atom. The molecule has 1 fully saturated rings. The maximum atomic E-state index is 12.5. The number of hydrogen-bond donors (Lipinski definition) is 0. The molecule has 22 heavy (non-hydrogen) atoms. The summed E-state index contributed by atoms with van der Waals surface area (Å²) in [4.78, 5) is 28.9. The third kappa shape index (κ3) is 2.97. The predicted octanol–water partition coefficient (Wildman–Crippen LogP) is 3.26. The molecule has 0 radical (unpaired) electrons. The van der Waals surface area contributed by atoms with Crippen LogP contribution in [0.5, 0.6) is 0 Å². The van der Waals surface area contributed by atoms with Gasteiger partial charge in [-0.25, -0.2) is 4.98 Å². The summed E-state index contributed by atoms with van der Waals surface area (Å²) in [5, 5.41) is 12.6. The van der Waals surface area contributed by atoms with Gasteiger partial charge in [0, 0.05) is 29.8 Å². The van der Waals surface area contributed by atoms with Gasteiger partial charge in [-0.15, -0.1) is 11.3 Å². The fourth-order valence-corrected chi connectivity index (χ4v) is 4.43. The third-order valence-electron chi connectivity index (χ3n) is 3.35. The van der Waals surface area contributed by atoms with E-state index in [1.165, 1.54) is 35.2 Å². The molecule has 114 valence electrons. The number of hydrogen-bond acceptors (Lipinski definition) is 6. The van der Waals surface area contributed by atoms with Crippen molar-refractivity contribution >= 4 is 40.4 Å². The highest BCUT2D eigenvalue weighted by atomic mass is 32.2. The van der Waals surface area contributed by atoms with E-state index in [9.17, 15) is 14.9 Å². The Hall–Kier alpha value is -1.93. The summed E-state index contributed by atoms with van der Waals surface area (Å²) in [7, 11) is 0. The minimum absolute atomic E-state index is 0.00282. The van der Waals surface area contributed by atoms with Crippen LogP contribution in [0.3, 0.4) is 0 Å². The van der Waals surface area contributed by atoms with Gasteiger partial charge in [-0.05, 0) is 19.4 Å². The van der Waals surface area contributed by atoms with E-state index in [2.05, 4.69) is 4.98 Å². The molecule has 2 aromatic rings. The van der Waals surface area contributed by atoms with Crippen molar-refractivity contribution in [3.8, 4) is 0 Å². The molecule has 0 spiro atoms. The zero-order valence-electron chi connectivity index (χ0n) is 11.8. The van der Waals surface area contributed by atoms with Gasteiger partial charge >= 0.3 is 0 Å². The molecule has 0 bridgehead atoms. The number of rotatable bonds is 4. The van der Waals surface area contributed by atoms with Crippen LogP contribution in [0.1, 0.15) is 12.1 Å². The minimum Gasteiger partial charge on any atom is -0.311 e. The fourth-order valence-electron chi connectivity index (χ4n) is 2.30. The first-order chi connectivity index (χ1) is 10.5. The van der Waals surface area contributed by atoms with Gasteiger partial charge in [-0.3, -0.25) is 14.9 Å². The smallest absolute Gasteiger partial charge is 0.271 e. The van der Waals surface area contributed by atoms with Gasteiger partial charge in [0.2, 0.25) is 5.91 Å². The first-order valence-electron chi connectivity index (χ1n) is 6.69. The van der Waals surface area contributed by atoms with Crippen LogP contribution in [0.2, 0.25) is 0 Å². The number of benzene rings is 1. The SMILES string of the molecule is Cc1csc(SC2CCN(c3cccc([N+](=O)[O-])c3)C2=O)n1. The van der Waals surface area contributed by atoms with E-state index in [1.54, 1.807) is 17.0 Å². The summed E-state index contributed by atoms with van der Waals surface area (Å²) in [5.74, 6) is -0.0154. The maximum absolute atomic E-state index is 12.5. The molecular formula is C14H13N3O3S2. The number of nitrogens with zero attached hydrogens (tertiary/aromatic N) is 3. The topological polar surface area (TPSA) is 76.3 Å². The Labute approximate surface area is 135 Å². The predicted molar refractivity (Wildman–Crippen MR) is 86.6 cm³/mol. The molecule has 1 unspecified atom stereocenters. The van der Waals surface area contributed by atoms with Crippen LogP contribution in [0, 0.1) is 17.0 Å². The van der Waals surface area contributed by atoms with Gasteiger partial charge in [0.1, 0.15) is 0 Å². The van der Waals surface area contributed by atoms with Crippen molar-refractivity contribution in [3.05, 3.63) is 45.5 Å². The first kappa shape index (κ1) is 15.0. The van der Waals surface area contributed by atoms with Crippen molar-refractivity contribution in [3.63, 3.8) is 0 Å². The highest BCUT2D eigenvalue weighted by Gasteiger charge is 2.34. The zero-order chi connectivity index (χ0) is 15.7. The van der Waals surface area contributed by atoms with E-state index in [0.717, 1.165) is 10.0 Å². The van der Waals surface area contributed by atoms with Crippen LogP contribution >= 0.6 is 23.1 Å². The maximum Gasteiger partial charge on any atom is 0.271 e. The molecule has 8 heteroatoms. The zero-order valence-corrected chi connectivity index (χ0v) is 13.4. The fraction of sp³-hybridized carbons (Fsp3) is 0.286. The van der Waals surface area contributed by atoms with Gasteiger partial charge < -0.3 is 4.90 Å². The molecule has 3 rings (SSSR count). The Morgan fingerprint density at radius 2 is 2.32 bits per heavy atom. The number of thiazole rings is 1. The third-order valence-corrected chi connectivity index (χ3v) is 5.69. The number of carbonyl (C=O) groups is 1. The van der Waals surface area contributed by atoms with E-state index < -0.39 is 4.92 Å². The Balaban J connectivity index is 1.76. The number of non-ortho nitro benzene ring substituents is 1. The largest absolute Gasteiger partial charge is 0.311 e. The highest BCUT2D eigenvalue weighted by Crippen LogP contribution is 2.35. The number of carbonyl (C=O) groups excluding carboxylic acids is 1. The lowest BCUT2D eigenvalue weighted by atomic mass is 10.2. The Morgan fingerprint density at radius 3 is 3.00 bits per heavy atom. The van der Waals surface area contributed by atoms with E-state index in [1.807, 2.05) is 12.3 Å². The van der Waals surface area contributed by atoms with Crippen LogP contribution < -0.4 is 4.90 Å². The molecule has 0 aliphatic carbocycles. The average molecular weight is 335 g/mol. The summed E-state index contributed by atoms with van der Waals surface area (Å²) in [5.41, 5.74) is 1.53. The number of anilines is 1. The number of amides is 1. The summed E-state index contributed by atoms with van der Waals surface area (Å²) in [6.45, 7) is 2.49. The lowest BCUT2D eigenvalue weighted by Crippen LogP contribution is -2.27. The summed E-state index contributed by atoms with van der Waals surface area (Å²) >= 11 is 3.01. The monoisotopic (exact) mass is 335 g/mol. The number of nitro benzene ring substituents is 1. The van der Waals surface area contributed by atoms with Crippen LogP contribution in [-0.2, 0) is 4.79 Å². The lowest BCUT2D eigenvalue weighted by molar-refractivity contribution is -0.384. The molecule has 6 nitrogen and oxygen atoms in total. The van der Waals surface area contributed by atoms with Crippen LogP contribution in [-0.4, -0.2) is 27.6 Å². The quantitative estimate of drug-likeness (QED) is 0.633. The van der Waals surface area contributed by atoms with Crippen molar-refractivity contribution in [1.29, 1.82) is 0 Å². The lowest BCUT2D eigenvalue weighted by Gasteiger charge is -2.16. The summed E-state index contributed by atoms with van der Waals surface area (Å²) in [6, 6.07) is 6.20. The Kier molecular flexibility index (Phi) is 4.12. The molecule has 1 aromatic heterocycles. The first-order valence-corrected chi connectivity index (χ1v) is 8.45. The van der Waals surface area contributed by atoms with E-state index in [4.69, 9.17) is 0 Å². The molecule has 1 aliphatic heterocycles. The second-order valence-corrected chi connectivity index (χ2v) is 7.22. The minimum atomic E-state index is -0.450. The number of nitro groups is 1. The molecule has 1 atom stereocenters. The van der Waals surface area contributed by atoms with E-state index in [0.29, 0.717) is 18.7 Å². The standard InChI is InChI=1S/C14H13N3O3S2/c1-9-8-21-14(15-9)22-12-5-6-16(13(12)18)10-3-2-4-11(7-10)17(19)20/h2-4,7-8,12H,5-6H2,1H3. The van der Waals surface area contributed by atoms with Crippen molar-refractivity contribution in [2.75, 3.05) is 11.4 Å². The Bertz CT molecular complexity index is 732. The van der Waals surface area contributed by atoms with E-state index >= 15 is 0 Å². The van der Waals surface area contributed by atoms with Crippen LogP contribution in [0.15, 0.2) is 34.0 Å². The molecule has 1 aliphatic rings. The normalized spacial score (nSPS) is 18.0. The molecular weight excluding hydrogens is 322 g/mol. The van der Waals surface area contributed by atoms with E-state index in [-0.39, 0.29) is 16.8 Å². The molecule has 1 aromatic carbocycles.